The lowest BCUT2D eigenvalue weighted by atomic mass is 10.2. The van der Waals surface area contributed by atoms with E-state index in [1.54, 1.807) is 12.1 Å². The molecule has 2 aromatic rings. The molecule has 0 atom stereocenters. The highest BCUT2D eigenvalue weighted by atomic mass is 32.2. The highest BCUT2D eigenvalue weighted by Crippen LogP contribution is 2.21. The van der Waals surface area contributed by atoms with Gasteiger partial charge in [0, 0.05) is 43.3 Å². The predicted octanol–water partition coefficient (Wildman–Crippen LogP) is 0.762. The molecule has 2 heterocycles. The monoisotopic (exact) mass is 265 g/mol. The van der Waals surface area contributed by atoms with Crippen molar-refractivity contribution < 1.29 is 8.42 Å². The van der Waals surface area contributed by atoms with Crippen molar-refractivity contribution in [3.63, 3.8) is 0 Å². The standard InChI is InChI=1S/C12H15N3O2S/c16-18(17,15-7-5-13-6-8-15)11-1-2-12-10(9-11)3-4-14-12/h1-4,9,13-14H,5-8H2. The van der Waals surface area contributed by atoms with Crippen molar-refractivity contribution in [2.75, 3.05) is 26.2 Å². The van der Waals surface area contributed by atoms with E-state index in [0.717, 1.165) is 10.9 Å². The highest BCUT2D eigenvalue weighted by molar-refractivity contribution is 7.89. The van der Waals surface area contributed by atoms with E-state index in [0.29, 0.717) is 31.1 Å². The Morgan fingerprint density at radius 1 is 1.11 bits per heavy atom. The number of nitrogens with zero attached hydrogens (tertiary/aromatic N) is 1. The summed E-state index contributed by atoms with van der Waals surface area (Å²) < 4.78 is 26.4. The van der Waals surface area contributed by atoms with Crippen LogP contribution in [-0.2, 0) is 10.0 Å². The van der Waals surface area contributed by atoms with Crippen LogP contribution in [0.5, 0.6) is 0 Å². The highest BCUT2D eigenvalue weighted by Gasteiger charge is 2.25. The van der Waals surface area contributed by atoms with Crippen LogP contribution in [0.1, 0.15) is 0 Å². The summed E-state index contributed by atoms with van der Waals surface area (Å²) >= 11 is 0. The van der Waals surface area contributed by atoms with Crippen molar-refractivity contribution >= 4 is 20.9 Å². The fraction of sp³-hybridized carbons (Fsp3) is 0.333. The molecule has 0 aliphatic carbocycles. The second kappa shape index (κ2) is 4.38. The van der Waals surface area contributed by atoms with E-state index in [4.69, 9.17) is 0 Å². The Morgan fingerprint density at radius 3 is 2.67 bits per heavy atom. The molecular formula is C12H15N3O2S. The normalized spacial score (nSPS) is 18.2. The molecule has 1 aliphatic rings. The number of aromatic nitrogens is 1. The van der Waals surface area contributed by atoms with Gasteiger partial charge in [-0.3, -0.25) is 0 Å². The van der Waals surface area contributed by atoms with Crippen LogP contribution in [0.2, 0.25) is 0 Å². The molecule has 3 rings (SSSR count). The minimum atomic E-state index is -3.35. The summed E-state index contributed by atoms with van der Waals surface area (Å²) in [5.74, 6) is 0. The molecule has 0 saturated carbocycles. The van der Waals surface area contributed by atoms with Gasteiger partial charge in [0.05, 0.1) is 4.90 Å². The summed E-state index contributed by atoms with van der Waals surface area (Å²) in [6, 6.07) is 7.08. The molecule has 0 radical (unpaired) electrons. The van der Waals surface area contributed by atoms with Crippen LogP contribution in [0.25, 0.3) is 10.9 Å². The van der Waals surface area contributed by atoms with E-state index in [2.05, 4.69) is 10.3 Å². The molecule has 2 N–H and O–H groups in total. The zero-order valence-corrected chi connectivity index (χ0v) is 10.7. The summed E-state index contributed by atoms with van der Waals surface area (Å²) in [5, 5.41) is 4.08. The predicted molar refractivity (Wildman–Crippen MR) is 69.9 cm³/mol. The average molecular weight is 265 g/mol. The van der Waals surface area contributed by atoms with Gasteiger partial charge in [-0.2, -0.15) is 4.31 Å². The number of benzene rings is 1. The van der Waals surface area contributed by atoms with Crippen LogP contribution in [0, 0.1) is 0 Å². The molecular weight excluding hydrogens is 250 g/mol. The van der Waals surface area contributed by atoms with Crippen molar-refractivity contribution in [1.29, 1.82) is 0 Å². The lowest BCUT2D eigenvalue weighted by molar-refractivity contribution is 0.360. The van der Waals surface area contributed by atoms with Crippen molar-refractivity contribution in [2.24, 2.45) is 0 Å². The quantitative estimate of drug-likeness (QED) is 0.842. The Hall–Kier alpha value is -1.37. The van der Waals surface area contributed by atoms with Gasteiger partial charge in [-0.25, -0.2) is 8.42 Å². The van der Waals surface area contributed by atoms with E-state index in [9.17, 15) is 8.42 Å². The van der Waals surface area contributed by atoms with Gasteiger partial charge >= 0.3 is 0 Å². The number of fused-ring (bicyclic) bond motifs is 1. The number of H-pyrrole nitrogens is 1. The first-order chi connectivity index (χ1) is 8.68. The van der Waals surface area contributed by atoms with Gasteiger partial charge in [-0.1, -0.05) is 0 Å². The summed E-state index contributed by atoms with van der Waals surface area (Å²) in [6.45, 7) is 2.50. The Kier molecular flexibility index (Phi) is 2.85. The molecule has 0 spiro atoms. The SMILES string of the molecule is O=S(=O)(c1ccc2[nH]ccc2c1)N1CCNCC1. The van der Waals surface area contributed by atoms with E-state index in [-0.39, 0.29) is 0 Å². The number of nitrogens with one attached hydrogen (secondary N) is 2. The van der Waals surface area contributed by atoms with E-state index < -0.39 is 10.0 Å². The third kappa shape index (κ3) is 1.92. The van der Waals surface area contributed by atoms with Crippen LogP contribution in [0.3, 0.4) is 0 Å². The Balaban J connectivity index is 2.01. The van der Waals surface area contributed by atoms with Crippen LogP contribution < -0.4 is 5.32 Å². The number of aromatic amines is 1. The summed E-state index contributed by atoms with van der Waals surface area (Å²) in [4.78, 5) is 3.43. The van der Waals surface area contributed by atoms with Crippen molar-refractivity contribution in [1.82, 2.24) is 14.6 Å². The Morgan fingerprint density at radius 2 is 1.89 bits per heavy atom. The fourth-order valence-corrected chi connectivity index (χ4v) is 3.70. The Labute approximate surface area is 106 Å². The minimum absolute atomic E-state index is 0.372. The maximum Gasteiger partial charge on any atom is 0.243 e. The van der Waals surface area contributed by atoms with E-state index in [1.165, 1.54) is 4.31 Å². The summed E-state index contributed by atoms with van der Waals surface area (Å²) in [7, 11) is -3.35. The zero-order chi connectivity index (χ0) is 12.6. The zero-order valence-electron chi connectivity index (χ0n) is 9.89. The van der Waals surface area contributed by atoms with Crippen molar-refractivity contribution in [3.05, 3.63) is 30.5 Å². The van der Waals surface area contributed by atoms with E-state index >= 15 is 0 Å². The smallest absolute Gasteiger partial charge is 0.243 e. The molecule has 0 amide bonds. The molecule has 1 saturated heterocycles. The van der Waals surface area contributed by atoms with E-state index in [1.807, 2.05) is 18.3 Å². The number of hydrogen-bond acceptors (Lipinski definition) is 3. The summed E-state index contributed by atoms with van der Waals surface area (Å²) in [6.07, 6.45) is 1.81. The lowest BCUT2D eigenvalue weighted by Crippen LogP contribution is -2.46. The van der Waals surface area contributed by atoms with Gasteiger partial charge in [0.2, 0.25) is 10.0 Å². The lowest BCUT2D eigenvalue weighted by Gasteiger charge is -2.26. The first-order valence-corrected chi connectivity index (χ1v) is 7.40. The van der Waals surface area contributed by atoms with Crippen LogP contribution >= 0.6 is 0 Å². The number of sulfonamides is 1. The topological polar surface area (TPSA) is 65.2 Å². The average Bonchev–Trinajstić information content (AvgIpc) is 2.87. The molecule has 1 aromatic heterocycles. The second-order valence-corrected chi connectivity index (χ2v) is 6.32. The van der Waals surface area contributed by atoms with Crippen LogP contribution in [0.4, 0.5) is 0 Å². The third-order valence-electron chi connectivity index (χ3n) is 3.24. The van der Waals surface area contributed by atoms with Crippen molar-refractivity contribution in [3.8, 4) is 0 Å². The van der Waals surface area contributed by atoms with Crippen molar-refractivity contribution in [2.45, 2.75) is 4.90 Å². The number of hydrogen-bond donors (Lipinski definition) is 2. The number of rotatable bonds is 2. The maximum absolute atomic E-state index is 12.4. The van der Waals surface area contributed by atoms with Crippen LogP contribution in [-0.4, -0.2) is 43.9 Å². The minimum Gasteiger partial charge on any atom is -0.361 e. The second-order valence-electron chi connectivity index (χ2n) is 4.38. The fourth-order valence-electron chi connectivity index (χ4n) is 2.23. The first kappa shape index (κ1) is 11.7. The Bertz CT molecular complexity index is 657. The molecule has 1 fully saturated rings. The van der Waals surface area contributed by atoms with Gasteiger partial charge in [-0.05, 0) is 24.3 Å². The van der Waals surface area contributed by atoms with Gasteiger partial charge in [0.1, 0.15) is 0 Å². The molecule has 5 nitrogen and oxygen atoms in total. The molecule has 1 aliphatic heterocycles. The van der Waals surface area contributed by atoms with Gasteiger partial charge in [0.15, 0.2) is 0 Å². The number of piperazine rings is 1. The molecule has 18 heavy (non-hydrogen) atoms. The van der Waals surface area contributed by atoms with Gasteiger partial charge in [-0.15, -0.1) is 0 Å². The molecule has 0 unspecified atom stereocenters. The largest absolute Gasteiger partial charge is 0.361 e. The third-order valence-corrected chi connectivity index (χ3v) is 5.13. The molecule has 1 aromatic carbocycles. The molecule has 6 heteroatoms. The first-order valence-electron chi connectivity index (χ1n) is 5.96. The van der Waals surface area contributed by atoms with Gasteiger partial charge in [0.25, 0.3) is 0 Å². The molecule has 96 valence electrons. The summed E-state index contributed by atoms with van der Waals surface area (Å²) in [5.41, 5.74) is 0.953. The van der Waals surface area contributed by atoms with Crippen LogP contribution in [0.15, 0.2) is 35.4 Å². The molecule has 0 bridgehead atoms. The maximum atomic E-state index is 12.4. The van der Waals surface area contributed by atoms with Gasteiger partial charge < -0.3 is 10.3 Å².